The van der Waals surface area contributed by atoms with Gasteiger partial charge >= 0.3 is 29.8 Å². The summed E-state index contributed by atoms with van der Waals surface area (Å²) in [4.78, 5) is 94.6. The van der Waals surface area contributed by atoms with Gasteiger partial charge in [-0.25, -0.2) is 8.42 Å². The number of ether oxygens (including phenoxy) is 1. The summed E-state index contributed by atoms with van der Waals surface area (Å²) >= 11 is 1.50. The fourth-order valence-electron chi connectivity index (χ4n) is 14.6. The van der Waals surface area contributed by atoms with Crippen LogP contribution in [0.2, 0.25) is 0 Å². The molecule has 2 aromatic carbocycles. The van der Waals surface area contributed by atoms with Crippen molar-refractivity contribution in [1.29, 1.82) is 0 Å². The fourth-order valence-corrected chi connectivity index (χ4v) is 16.5. The van der Waals surface area contributed by atoms with Crippen LogP contribution in [0, 0.1) is 17.8 Å². The summed E-state index contributed by atoms with van der Waals surface area (Å²) < 4.78 is 78.0. The Morgan fingerprint density at radius 1 is 0.716 bits per heavy atom. The second-order valence-electron chi connectivity index (χ2n) is 27.5. The van der Waals surface area contributed by atoms with Gasteiger partial charge in [0.2, 0.25) is 17.5 Å². The van der Waals surface area contributed by atoms with Crippen molar-refractivity contribution in [2.24, 2.45) is 17.8 Å². The van der Waals surface area contributed by atoms with E-state index in [9.17, 15) is 79.9 Å². The molecule has 1 saturated heterocycles. The lowest BCUT2D eigenvalue weighted by Gasteiger charge is -2.35. The van der Waals surface area contributed by atoms with E-state index in [1.807, 2.05) is 65.0 Å². The first-order valence-electron chi connectivity index (χ1n) is 34.7. The van der Waals surface area contributed by atoms with E-state index in [0.717, 1.165) is 62.9 Å². The van der Waals surface area contributed by atoms with Crippen LogP contribution in [0.1, 0.15) is 115 Å². The number of carbonyl (C=O) groups is 7. The standard InChI is InChI=1S/C70H97N11O18S3/c1-7-80-56-23-17-47(101(93,94)95)40-54(56)69(3,4)59(80)14-10-8-11-15-60-70(5,6)55-41-48(102(96,97)98)18-24-57(55)81(60)30-13-9-12-16-61(83)72-29-39-100-67-52-22-20-50-49(53(50)45-99-46(2)82)19-21-51(52)66(74-75-67)73-28-27-71-62(84)26-25-58(68(91)92)79-37-35-77(43-64(87)88)33-31-76(42-63(85)86)32-34-78(36-38-79)44-65(89)90/h8,10-11,14-15,17-18,23-24,40-41,49-50,53,58H,7,9,12-13,16,19-22,25-39,42-45H2,1-6H3,(H8-,71,72,73,74,83,84,85,86,87,88,89,90,91,92,93,94,95,96,97,98)/t49-,50+,53-,58?/m0/s1. The molecule has 102 heavy (non-hydrogen) atoms. The van der Waals surface area contributed by atoms with E-state index in [1.54, 1.807) is 31.7 Å². The number of fused-ring (bicyclic) bond motifs is 4. The van der Waals surface area contributed by atoms with Crippen molar-refractivity contribution < 1.29 is 89.2 Å². The summed E-state index contributed by atoms with van der Waals surface area (Å²) in [6.07, 6.45) is 14.7. The third-order valence-electron chi connectivity index (χ3n) is 20.0. The van der Waals surface area contributed by atoms with Crippen LogP contribution in [0.25, 0.3) is 0 Å². The maximum absolute atomic E-state index is 13.4. The highest BCUT2D eigenvalue weighted by atomic mass is 32.2. The minimum Gasteiger partial charge on any atom is -0.744 e. The van der Waals surface area contributed by atoms with Gasteiger partial charge in [0.05, 0.1) is 41.4 Å². The van der Waals surface area contributed by atoms with Gasteiger partial charge in [0.1, 0.15) is 27.7 Å². The number of carbonyl (C=O) groups excluding carboxylic acids is 3. The summed E-state index contributed by atoms with van der Waals surface area (Å²) in [5.74, 6) is -3.29. The zero-order chi connectivity index (χ0) is 74.3. The van der Waals surface area contributed by atoms with Crippen LogP contribution < -0.4 is 20.9 Å². The Bertz CT molecular complexity index is 3920. The van der Waals surface area contributed by atoms with Gasteiger partial charge < -0.3 is 50.6 Å². The molecule has 3 aromatic rings. The van der Waals surface area contributed by atoms with Gasteiger partial charge in [-0.1, -0.05) is 32.1 Å². The van der Waals surface area contributed by atoms with Gasteiger partial charge in [0.15, 0.2) is 11.5 Å². The molecule has 558 valence electrons. The molecule has 0 bridgehead atoms. The minimum atomic E-state index is -4.66. The molecular formula is C70H97N11O18S3. The van der Waals surface area contributed by atoms with Crippen molar-refractivity contribution in [3.8, 4) is 0 Å². The van der Waals surface area contributed by atoms with E-state index in [4.69, 9.17) is 4.74 Å². The molecular weight excluding hydrogens is 1380 g/mol. The normalized spacial score (nSPS) is 20.5. The highest BCUT2D eigenvalue weighted by molar-refractivity contribution is 7.99. The van der Waals surface area contributed by atoms with Crippen LogP contribution in [-0.2, 0) is 82.2 Å². The molecule has 4 heterocycles. The Morgan fingerprint density at radius 2 is 1.30 bits per heavy atom. The van der Waals surface area contributed by atoms with Crippen molar-refractivity contribution in [2.45, 2.75) is 137 Å². The van der Waals surface area contributed by atoms with Crippen LogP contribution in [0.4, 0.5) is 17.2 Å². The molecule has 5 aliphatic rings. The van der Waals surface area contributed by atoms with Crippen molar-refractivity contribution in [3.05, 3.63) is 94.7 Å². The third kappa shape index (κ3) is 21.5. The first kappa shape index (κ1) is 80.0. The van der Waals surface area contributed by atoms with Crippen molar-refractivity contribution >= 4 is 96.6 Å². The van der Waals surface area contributed by atoms with Crippen LogP contribution in [0.15, 0.2) is 87.3 Å². The van der Waals surface area contributed by atoms with E-state index < -0.39 is 66.9 Å². The molecule has 8 rings (SSSR count). The molecule has 29 nitrogen and oxygen atoms in total. The number of carboxylic acids is 4. The molecule has 32 heteroatoms. The maximum Gasteiger partial charge on any atom is 0.320 e. The molecule has 3 aliphatic heterocycles. The van der Waals surface area contributed by atoms with E-state index in [2.05, 4.69) is 35.6 Å². The van der Waals surface area contributed by atoms with Crippen LogP contribution >= 0.6 is 11.8 Å². The van der Waals surface area contributed by atoms with Gasteiger partial charge in [-0.05, 0) is 131 Å². The molecule has 1 unspecified atom stereocenters. The van der Waals surface area contributed by atoms with Gasteiger partial charge in [0, 0.05) is 151 Å². The summed E-state index contributed by atoms with van der Waals surface area (Å²) in [5, 5.41) is 58.6. The number of nitrogens with one attached hydrogen (secondary N) is 3. The zero-order valence-corrected chi connectivity index (χ0v) is 61.3. The Morgan fingerprint density at radius 3 is 1.89 bits per heavy atom. The molecule has 0 spiro atoms. The number of hydrogen-bond acceptors (Lipinski definition) is 22. The number of amides is 2. The van der Waals surface area contributed by atoms with Crippen molar-refractivity contribution in [1.82, 2.24) is 40.4 Å². The second kappa shape index (κ2) is 35.7. The van der Waals surface area contributed by atoms with Gasteiger partial charge in [-0.2, -0.15) is 13.0 Å². The first-order chi connectivity index (χ1) is 48.3. The number of anilines is 2. The zero-order valence-electron chi connectivity index (χ0n) is 58.8. The summed E-state index contributed by atoms with van der Waals surface area (Å²) in [6, 6.07) is 7.88. The smallest absolute Gasteiger partial charge is 0.320 e. The summed E-state index contributed by atoms with van der Waals surface area (Å²) in [7, 11) is -9.15. The Labute approximate surface area is 600 Å². The van der Waals surface area contributed by atoms with Crippen LogP contribution in [0.5, 0.6) is 0 Å². The molecule has 4 atom stereocenters. The predicted molar refractivity (Wildman–Crippen MR) is 380 cm³/mol. The monoisotopic (exact) mass is 1480 g/mol. The molecule has 1 saturated carbocycles. The lowest BCUT2D eigenvalue weighted by Crippen LogP contribution is -2.52. The predicted octanol–water partition coefficient (Wildman–Crippen LogP) is 4.83. The highest BCUT2D eigenvalue weighted by Gasteiger charge is 2.51. The van der Waals surface area contributed by atoms with Crippen molar-refractivity contribution in [3.63, 3.8) is 0 Å². The average Bonchev–Trinajstić information content (AvgIpc) is 1.59. The summed E-state index contributed by atoms with van der Waals surface area (Å²) in [6.45, 7) is 13.6. The van der Waals surface area contributed by atoms with Crippen LogP contribution in [-0.4, -0.2) is 251 Å². The van der Waals surface area contributed by atoms with E-state index >= 15 is 0 Å². The van der Waals surface area contributed by atoms with Gasteiger partial charge in [-0.15, -0.1) is 22.0 Å². The first-order valence-corrected chi connectivity index (χ1v) is 38.5. The average molecular weight is 1480 g/mol. The largest absolute Gasteiger partial charge is 0.744 e. The number of rotatable bonds is 33. The SMILES string of the molecule is CCN1C(=CC=CC=CC2=[N+](CCCCCC(=O)NCCSc3nnc(NCCNC(=O)CCC(C(=O)O)N4CCN(CC(=O)O)CCN(CC(=O)O)CCN(CC(=O)O)CC4)c4c3CC[C@@H]3[C@H](CC4)[C@@H]3COC(C)=O)c3ccc(S(=O)(=O)O)cc3C2(C)C)C(C)(C)c2cc(S(=O)(=O)[O-])ccc21. The number of esters is 1. The quantitative estimate of drug-likeness (QED) is 0.0101. The number of carboxylic acid groups (broad SMARTS) is 4. The Balaban J connectivity index is 0.847. The second-order valence-corrected chi connectivity index (χ2v) is 31.4. The third-order valence-corrected chi connectivity index (χ3v) is 22.7. The van der Waals surface area contributed by atoms with Gasteiger partial charge in [0.25, 0.3) is 10.1 Å². The fraction of sp³-hybridized carbons (Fsp3) is 0.571. The number of nitrogens with zero attached hydrogens (tertiary/aromatic N) is 8. The highest BCUT2D eigenvalue weighted by Crippen LogP contribution is 2.54. The number of unbranched alkanes of at least 4 members (excludes halogenated alkanes) is 2. The molecule has 2 amide bonds. The molecule has 2 fully saturated rings. The molecule has 8 N–H and O–H groups in total. The lowest BCUT2D eigenvalue weighted by atomic mass is 9.81. The van der Waals surface area contributed by atoms with Crippen molar-refractivity contribution in [2.75, 3.05) is 127 Å². The maximum atomic E-state index is 13.4. The number of likely N-dealkylation sites (N-methyl/N-ethyl adjacent to an activating group) is 1. The number of aliphatic carboxylic acids is 4. The molecule has 0 radical (unpaired) electrons. The Hall–Kier alpha value is -7.69. The van der Waals surface area contributed by atoms with Crippen LogP contribution in [0.3, 0.4) is 0 Å². The van der Waals surface area contributed by atoms with E-state index in [0.29, 0.717) is 88.2 Å². The van der Waals surface area contributed by atoms with Gasteiger partial charge in [-0.3, -0.25) is 57.7 Å². The number of allylic oxidation sites excluding steroid dienone is 6. The van der Waals surface area contributed by atoms with E-state index in [1.165, 1.54) is 43.0 Å². The lowest BCUT2D eigenvalue weighted by molar-refractivity contribution is -0.438. The molecule has 2 aliphatic carbocycles. The molecule has 1 aromatic heterocycles. The van der Waals surface area contributed by atoms with E-state index in [-0.39, 0.29) is 126 Å². The topological polar surface area (TPSA) is 402 Å². The number of thioether (sulfide) groups is 1. The summed E-state index contributed by atoms with van der Waals surface area (Å²) in [5.41, 5.74) is 5.63. The number of aromatic nitrogens is 2. The Kier molecular flexibility index (Phi) is 28.0. The number of hydrogen-bond donors (Lipinski definition) is 8. The minimum absolute atomic E-state index is 0.0768. The number of benzene rings is 2.